The van der Waals surface area contributed by atoms with E-state index in [0.717, 1.165) is 0 Å². The highest BCUT2D eigenvalue weighted by Gasteiger charge is 2.32. The fraction of sp³-hybridized carbons (Fsp3) is 0.100. The summed E-state index contributed by atoms with van der Waals surface area (Å²) in [4.78, 5) is 0. The van der Waals surface area contributed by atoms with E-state index in [1.807, 2.05) is 0 Å². The van der Waals surface area contributed by atoms with Crippen LogP contribution in [0, 0.1) is 6.92 Å². The van der Waals surface area contributed by atoms with Crippen molar-refractivity contribution in [3.8, 4) is 0 Å². The highest BCUT2D eigenvalue weighted by atomic mass is 79.9. The highest BCUT2D eigenvalue weighted by molar-refractivity contribution is 9.10. The Bertz CT molecular complexity index is 660. The first-order valence-corrected chi connectivity index (χ1v) is 7.87. The fourth-order valence-corrected chi connectivity index (χ4v) is 3.41. The monoisotopic (exact) mass is 336 g/mol. The second-order valence-electron chi connectivity index (χ2n) is 5.26. The average Bonchev–Trinajstić information content (AvgIpc) is 2.56. The molecule has 0 aromatic heterocycles. The highest BCUT2D eigenvalue weighted by Crippen LogP contribution is 2.44. The van der Waals surface area contributed by atoms with Crippen molar-refractivity contribution in [1.82, 2.24) is 0 Å². The molecule has 3 rings (SSSR count). The van der Waals surface area contributed by atoms with Crippen LogP contribution in [-0.4, -0.2) is 0 Å². The van der Waals surface area contributed by atoms with Gasteiger partial charge in [0.1, 0.15) is 4.32 Å². The first-order chi connectivity index (χ1) is 10.2. The maximum absolute atomic E-state index is 4.03. The molecule has 0 aliphatic heterocycles. The second-order valence-corrected chi connectivity index (χ2v) is 6.45. The van der Waals surface area contributed by atoms with E-state index in [-0.39, 0.29) is 4.32 Å². The molecule has 104 valence electrons. The van der Waals surface area contributed by atoms with Gasteiger partial charge >= 0.3 is 0 Å². The molecule has 0 aliphatic carbocycles. The summed E-state index contributed by atoms with van der Waals surface area (Å²) in [6.07, 6.45) is 0. The van der Waals surface area contributed by atoms with Crippen molar-refractivity contribution in [3.05, 3.63) is 107 Å². The van der Waals surface area contributed by atoms with Gasteiger partial charge in [0.05, 0.1) is 0 Å². The Morgan fingerprint density at radius 2 is 0.952 bits per heavy atom. The number of alkyl halides is 1. The van der Waals surface area contributed by atoms with Crippen LogP contribution in [0.25, 0.3) is 0 Å². The molecule has 0 radical (unpaired) electrons. The van der Waals surface area contributed by atoms with Crippen LogP contribution in [0.15, 0.2) is 84.9 Å². The Hall–Kier alpha value is -1.86. The van der Waals surface area contributed by atoms with Crippen LogP contribution in [0.3, 0.4) is 0 Å². The summed E-state index contributed by atoms with van der Waals surface area (Å²) in [6, 6.07) is 29.8. The van der Waals surface area contributed by atoms with Gasteiger partial charge in [-0.3, -0.25) is 0 Å². The van der Waals surface area contributed by atoms with Gasteiger partial charge in [-0.1, -0.05) is 106 Å². The van der Waals surface area contributed by atoms with Gasteiger partial charge in [-0.2, -0.15) is 0 Å². The molecule has 1 heteroatoms. The first kappa shape index (κ1) is 14.1. The average molecular weight is 337 g/mol. The molecule has 0 saturated carbocycles. The van der Waals surface area contributed by atoms with Crippen LogP contribution in [0.5, 0.6) is 0 Å². The summed E-state index contributed by atoms with van der Waals surface area (Å²) < 4.78 is -0.316. The molecule has 0 heterocycles. The third kappa shape index (κ3) is 2.66. The minimum Gasteiger partial charge on any atom is -0.0696 e. The van der Waals surface area contributed by atoms with E-state index in [2.05, 4.69) is 108 Å². The lowest BCUT2D eigenvalue weighted by Gasteiger charge is -2.29. The molecule has 0 unspecified atom stereocenters. The standard InChI is InChI=1S/C20H17Br/c1-16-12-14-19(15-13-16)20(21,17-8-4-2-5-9-17)18-10-6-3-7-11-18/h2-15H,1H3. The summed E-state index contributed by atoms with van der Waals surface area (Å²) in [5.41, 5.74) is 4.99. The van der Waals surface area contributed by atoms with Crippen molar-refractivity contribution in [3.63, 3.8) is 0 Å². The molecule has 0 amide bonds. The maximum Gasteiger partial charge on any atom is 0.100 e. The van der Waals surface area contributed by atoms with Crippen molar-refractivity contribution in [2.24, 2.45) is 0 Å². The zero-order valence-corrected chi connectivity index (χ0v) is 13.5. The second kappa shape index (κ2) is 5.87. The topological polar surface area (TPSA) is 0 Å². The maximum atomic E-state index is 4.03. The van der Waals surface area contributed by atoms with Gasteiger partial charge in [0.15, 0.2) is 0 Å². The van der Waals surface area contributed by atoms with Crippen molar-refractivity contribution in [2.45, 2.75) is 11.2 Å². The van der Waals surface area contributed by atoms with E-state index in [0.29, 0.717) is 0 Å². The normalized spacial score (nSPS) is 11.3. The van der Waals surface area contributed by atoms with Crippen LogP contribution in [0.2, 0.25) is 0 Å². The Labute approximate surface area is 134 Å². The number of benzene rings is 3. The lowest BCUT2D eigenvalue weighted by atomic mass is 9.84. The lowest BCUT2D eigenvalue weighted by molar-refractivity contribution is 0.915. The summed E-state index contributed by atoms with van der Waals surface area (Å²) in [5, 5.41) is 0. The largest absolute Gasteiger partial charge is 0.100 e. The Kier molecular flexibility index (Phi) is 3.94. The molecule has 21 heavy (non-hydrogen) atoms. The molecule has 0 nitrogen and oxygen atoms in total. The van der Waals surface area contributed by atoms with Crippen LogP contribution in [0.4, 0.5) is 0 Å². The zero-order chi connectivity index (χ0) is 14.7. The van der Waals surface area contributed by atoms with E-state index >= 15 is 0 Å². The van der Waals surface area contributed by atoms with E-state index < -0.39 is 0 Å². The number of rotatable bonds is 3. The number of halogens is 1. The summed E-state index contributed by atoms with van der Waals surface area (Å²) >= 11 is 4.03. The molecular formula is C20H17Br. The Morgan fingerprint density at radius 1 is 0.571 bits per heavy atom. The molecule has 0 bridgehead atoms. The van der Waals surface area contributed by atoms with Gasteiger partial charge in [-0.05, 0) is 23.6 Å². The van der Waals surface area contributed by atoms with Crippen molar-refractivity contribution in [1.29, 1.82) is 0 Å². The van der Waals surface area contributed by atoms with E-state index in [4.69, 9.17) is 0 Å². The Morgan fingerprint density at radius 3 is 1.38 bits per heavy atom. The smallest absolute Gasteiger partial charge is 0.0696 e. The predicted octanol–water partition coefficient (Wildman–Crippen LogP) is 5.68. The van der Waals surface area contributed by atoms with Crippen molar-refractivity contribution < 1.29 is 0 Å². The third-order valence-corrected chi connectivity index (χ3v) is 5.17. The molecule has 0 aliphatic rings. The van der Waals surface area contributed by atoms with E-state index in [1.54, 1.807) is 0 Å². The zero-order valence-electron chi connectivity index (χ0n) is 12.0. The van der Waals surface area contributed by atoms with Crippen LogP contribution < -0.4 is 0 Å². The van der Waals surface area contributed by atoms with Gasteiger partial charge in [-0.25, -0.2) is 0 Å². The van der Waals surface area contributed by atoms with Gasteiger partial charge < -0.3 is 0 Å². The Balaban J connectivity index is 2.23. The summed E-state index contributed by atoms with van der Waals surface area (Å²) in [5.74, 6) is 0. The predicted molar refractivity (Wildman–Crippen MR) is 92.9 cm³/mol. The van der Waals surface area contributed by atoms with Gasteiger partial charge in [0.25, 0.3) is 0 Å². The molecule has 3 aromatic carbocycles. The third-order valence-electron chi connectivity index (χ3n) is 3.79. The minimum absolute atomic E-state index is 0.316. The number of aryl methyl sites for hydroxylation is 1. The van der Waals surface area contributed by atoms with E-state index in [9.17, 15) is 0 Å². The van der Waals surface area contributed by atoms with Crippen LogP contribution in [-0.2, 0) is 4.32 Å². The van der Waals surface area contributed by atoms with E-state index in [1.165, 1.54) is 22.3 Å². The molecule has 0 N–H and O–H groups in total. The molecular weight excluding hydrogens is 320 g/mol. The SMILES string of the molecule is Cc1ccc(C(Br)(c2ccccc2)c2ccccc2)cc1. The molecule has 0 saturated heterocycles. The van der Waals surface area contributed by atoms with Gasteiger partial charge in [0, 0.05) is 0 Å². The van der Waals surface area contributed by atoms with Crippen molar-refractivity contribution >= 4 is 15.9 Å². The van der Waals surface area contributed by atoms with Gasteiger partial charge in [0.2, 0.25) is 0 Å². The number of hydrogen-bond acceptors (Lipinski definition) is 0. The molecule has 3 aromatic rings. The van der Waals surface area contributed by atoms with Crippen molar-refractivity contribution in [2.75, 3.05) is 0 Å². The van der Waals surface area contributed by atoms with Crippen LogP contribution in [0.1, 0.15) is 22.3 Å². The fourth-order valence-electron chi connectivity index (χ4n) is 2.62. The summed E-state index contributed by atoms with van der Waals surface area (Å²) in [7, 11) is 0. The van der Waals surface area contributed by atoms with Crippen LogP contribution >= 0.6 is 15.9 Å². The van der Waals surface area contributed by atoms with Gasteiger partial charge in [-0.15, -0.1) is 0 Å². The first-order valence-electron chi connectivity index (χ1n) is 7.08. The lowest BCUT2D eigenvalue weighted by Crippen LogP contribution is -2.21. The number of hydrogen-bond donors (Lipinski definition) is 0. The molecule has 0 atom stereocenters. The quantitative estimate of drug-likeness (QED) is 0.426. The molecule has 0 spiro atoms. The summed E-state index contributed by atoms with van der Waals surface area (Å²) in [6.45, 7) is 2.12. The molecule has 0 fully saturated rings. The minimum atomic E-state index is -0.316.